The van der Waals surface area contributed by atoms with Gasteiger partial charge in [-0.15, -0.1) is 0 Å². The Kier molecular flexibility index (Phi) is 6.40. The van der Waals surface area contributed by atoms with Gasteiger partial charge in [-0.3, -0.25) is 4.57 Å². The lowest BCUT2D eigenvalue weighted by atomic mass is 10.3. The third-order valence-electron chi connectivity index (χ3n) is 3.19. The van der Waals surface area contributed by atoms with Crippen molar-refractivity contribution in [2.24, 2.45) is 0 Å². The molecule has 21 heavy (non-hydrogen) atoms. The number of nitrogens with one attached hydrogen (secondary N) is 1. The van der Waals surface area contributed by atoms with Crippen LogP contribution in [0.3, 0.4) is 0 Å². The second kappa shape index (κ2) is 8.56. The number of ether oxygens (including phenoxy) is 2. The Labute approximate surface area is 125 Å². The minimum Gasteiger partial charge on any atom is -0.382 e. The zero-order chi connectivity index (χ0) is 14.9. The van der Waals surface area contributed by atoms with Gasteiger partial charge in [0.05, 0.1) is 31.7 Å². The summed E-state index contributed by atoms with van der Waals surface area (Å²) in [5.41, 5.74) is 2.29. The van der Waals surface area contributed by atoms with E-state index >= 15 is 0 Å². The highest BCUT2D eigenvalue weighted by Crippen LogP contribution is 2.14. The molecule has 0 saturated heterocycles. The molecule has 0 fully saturated rings. The second-order valence-electron chi connectivity index (χ2n) is 4.75. The highest BCUT2D eigenvalue weighted by Gasteiger charge is 2.07. The molecule has 1 aromatic heterocycles. The molecule has 5 nitrogen and oxygen atoms in total. The van der Waals surface area contributed by atoms with Crippen molar-refractivity contribution >= 4 is 0 Å². The summed E-state index contributed by atoms with van der Waals surface area (Å²) < 4.78 is 12.5. The van der Waals surface area contributed by atoms with Gasteiger partial charge in [0.1, 0.15) is 5.82 Å². The molecule has 0 saturated carbocycles. The zero-order valence-electron chi connectivity index (χ0n) is 12.7. The van der Waals surface area contributed by atoms with Crippen molar-refractivity contribution < 1.29 is 9.47 Å². The van der Waals surface area contributed by atoms with Gasteiger partial charge in [0.15, 0.2) is 0 Å². The number of benzene rings is 1. The molecule has 0 radical (unpaired) electrons. The van der Waals surface area contributed by atoms with Crippen molar-refractivity contribution in [1.29, 1.82) is 0 Å². The van der Waals surface area contributed by atoms with E-state index in [2.05, 4.69) is 27.0 Å². The van der Waals surface area contributed by atoms with E-state index in [-0.39, 0.29) is 0 Å². The maximum absolute atomic E-state index is 5.42. The molecule has 5 heteroatoms. The second-order valence-corrected chi connectivity index (χ2v) is 4.75. The lowest BCUT2D eigenvalue weighted by Gasteiger charge is -2.11. The number of methoxy groups -OCH3 is 1. The van der Waals surface area contributed by atoms with Crippen LogP contribution in [0.25, 0.3) is 5.69 Å². The summed E-state index contributed by atoms with van der Waals surface area (Å²) in [7, 11) is 1.68. The molecule has 0 spiro atoms. The van der Waals surface area contributed by atoms with Gasteiger partial charge in [0, 0.05) is 25.9 Å². The van der Waals surface area contributed by atoms with Gasteiger partial charge in [-0.2, -0.15) is 0 Å². The number of hydrogen-bond donors (Lipinski definition) is 1. The van der Waals surface area contributed by atoms with Crippen LogP contribution in [0.4, 0.5) is 0 Å². The van der Waals surface area contributed by atoms with E-state index in [9.17, 15) is 0 Å². The van der Waals surface area contributed by atoms with Crippen molar-refractivity contribution in [3.05, 3.63) is 48.0 Å². The number of para-hydroxylation sites is 1. The topological polar surface area (TPSA) is 48.3 Å². The molecule has 0 atom stereocenters. The van der Waals surface area contributed by atoms with Crippen LogP contribution in [0, 0.1) is 6.92 Å². The van der Waals surface area contributed by atoms with Gasteiger partial charge in [-0.1, -0.05) is 18.2 Å². The molecular formula is C16H23N3O2. The molecule has 0 aliphatic heterocycles. The van der Waals surface area contributed by atoms with Crippen molar-refractivity contribution in [3.8, 4) is 5.69 Å². The Bertz CT molecular complexity index is 526. The molecule has 0 bridgehead atoms. The van der Waals surface area contributed by atoms with Crippen molar-refractivity contribution in [2.45, 2.75) is 13.5 Å². The molecule has 1 N–H and O–H groups in total. The smallest absolute Gasteiger partial charge is 0.110 e. The number of aromatic nitrogens is 2. The molecule has 0 amide bonds. The molecular weight excluding hydrogens is 266 g/mol. The molecule has 0 aliphatic rings. The van der Waals surface area contributed by atoms with Gasteiger partial charge in [-0.05, 0) is 19.1 Å². The maximum Gasteiger partial charge on any atom is 0.110 e. The summed E-state index contributed by atoms with van der Waals surface area (Å²) in [5.74, 6) is 0.995. The zero-order valence-corrected chi connectivity index (χ0v) is 12.7. The first-order valence-electron chi connectivity index (χ1n) is 7.19. The average Bonchev–Trinajstić information content (AvgIpc) is 2.88. The Balaban J connectivity index is 1.84. The van der Waals surface area contributed by atoms with Crippen molar-refractivity contribution in [3.63, 3.8) is 0 Å². The fourth-order valence-electron chi connectivity index (χ4n) is 2.15. The first-order chi connectivity index (χ1) is 10.3. The summed E-state index contributed by atoms with van der Waals surface area (Å²) in [6.07, 6.45) is 1.92. The van der Waals surface area contributed by atoms with E-state index < -0.39 is 0 Å². The van der Waals surface area contributed by atoms with Gasteiger partial charge in [0.25, 0.3) is 0 Å². The summed E-state index contributed by atoms with van der Waals surface area (Å²) in [5, 5.41) is 3.38. The normalized spacial score (nSPS) is 11.0. The predicted octanol–water partition coefficient (Wildman–Crippen LogP) is 1.93. The summed E-state index contributed by atoms with van der Waals surface area (Å²) >= 11 is 0. The summed E-state index contributed by atoms with van der Waals surface area (Å²) in [6.45, 7) is 5.55. The number of aryl methyl sites for hydroxylation is 1. The van der Waals surface area contributed by atoms with Gasteiger partial charge in [-0.25, -0.2) is 4.98 Å². The maximum atomic E-state index is 5.42. The quantitative estimate of drug-likeness (QED) is 0.717. The van der Waals surface area contributed by atoms with Crippen LogP contribution in [0.15, 0.2) is 36.5 Å². The van der Waals surface area contributed by atoms with E-state index in [0.717, 1.165) is 30.3 Å². The molecule has 0 aliphatic carbocycles. The molecule has 114 valence electrons. The number of nitrogens with zero attached hydrogens (tertiary/aromatic N) is 2. The lowest BCUT2D eigenvalue weighted by Crippen LogP contribution is -2.21. The van der Waals surface area contributed by atoms with Gasteiger partial charge >= 0.3 is 0 Å². The standard InChI is InChI=1S/C16H23N3O2/c1-14-18-13-16(12-17-8-9-21-11-10-20-2)19(14)15-6-4-3-5-7-15/h3-7,13,17H,8-12H2,1-2H3. The molecule has 1 aromatic carbocycles. The van der Waals surface area contributed by atoms with Crippen LogP contribution in [-0.2, 0) is 16.0 Å². The van der Waals surface area contributed by atoms with E-state index in [1.807, 2.05) is 31.3 Å². The third-order valence-corrected chi connectivity index (χ3v) is 3.19. The van der Waals surface area contributed by atoms with Crippen LogP contribution < -0.4 is 5.32 Å². The van der Waals surface area contributed by atoms with E-state index in [1.54, 1.807) is 7.11 Å². The number of hydrogen-bond acceptors (Lipinski definition) is 4. The van der Waals surface area contributed by atoms with Crippen LogP contribution in [-0.4, -0.2) is 43.0 Å². The van der Waals surface area contributed by atoms with Crippen LogP contribution in [0.5, 0.6) is 0 Å². The Morgan fingerprint density at radius 3 is 2.71 bits per heavy atom. The lowest BCUT2D eigenvalue weighted by molar-refractivity contribution is 0.0718. The largest absolute Gasteiger partial charge is 0.382 e. The molecule has 2 rings (SSSR count). The fourth-order valence-corrected chi connectivity index (χ4v) is 2.15. The molecule has 1 heterocycles. The Morgan fingerprint density at radius 1 is 1.14 bits per heavy atom. The SMILES string of the molecule is COCCOCCNCc1cnc(C)n1-c1ccccc1. The highest BCUT2D eigenvalue weighted by atomic mass is 16.5. The molecule has 0 unspecified atom stereocenters. The summed E-state index contributed by atoms with van der Waals surface area (Å²) in [4.78, 5) is 4.41. The Hall–Kier alpha value is -1.69. The minimum absolute atomic E-state index is 0.638. The third kappa shape index (κ3) is 4.67. The van der Waals surface area contributed by atoms with Crippen LogP contribution in [0.2, 0.25) is 0 Å². The van der Waals surface area contributed by atoms with Crippen molar-refractivity contribution in [2.75, 3.05) is 33.5 Å². The Morgan fingerprint density at radius 2 is 1.95 bits per heavy atom. The van der Waals surface area contributed by atoms with Crippen molar-refractivity contribution in [1.82, 2.24) is 14.9 Å². The van der Waals surface area contributed by atoms with E-state index in [0.29, 0.717) is 19.8 Å². The average molecular weight is 289 g/mol. The predicted molar refractivity (Wildman–Crippen MR) is 82.7 cm³/mol. The van der Waals surface area contributed by atoms with Gasteiger partial charge < -0.3 is 14.8 Å². The number of imidazole rings is 1. The first-order valence-corrected chi connectivity index (χ1v) is 7.19. The first kappa shape index (κ1) is 15.7. The number of rotatable bonds is 9. The van der Waals surface area contributed by atoms with Crippen LogP contribution in [0.1, 0.15) is 11.5 Å². The van der Waals surface area contributed by atoms with Crippen LogP contribution >= 0.6 is 0 Å². The minimum atomic E-state index is 0.638. The van der Waals surface area contributed by atoms with E-state index in [4.69, 9.17) is 9.47 Å². The summed E-state index contributed by atoms with van der Waals surface area (Å²) in [6, 6.07) is 10.3. The van der Waals surface area contributed by atoms with E-state index in [1.165, 1.54) is 0 Å². The highest BCUT2D eigenvalue weighted by molar-refractivity contribution is 5.35. The van der Waals surface area contributed by atoms with Gasteiger partial charge in [0.2, 0.25) is 0 Å². The monoisotopic (exact) mass is 289 g/mol. The molecule has 2 aromatic rings. The fraction of sp³-hybridized carbons (Fsp3) is 0.438.